The standard InChI is InChI=1S/C11H17ClN6O/c1-19-11-15-9(12)14-10(16-11)18-4-2-17(3-5-18)8-6-13-7-8/h8,13H,2-7H2,1H3. The van der Waals surface area contributed by atoms with Gasteiger partial charge >= 0.3 is 6.01 Å². The lowest BCUT2D eigenvalue weighted by Crippen LogP contribution is -2.61. The van der Waals surface area contributed by atoms with E-state index in [2.05, 4.69) is 30.1 Å². The van der Waals surface area contributed by atoms with Crippen LogP contribution in [0.3, 0.4) is 0 Å². The molecule has 0 spiro atoms. The Morgan fingerprint density at radius 2 is 1.89 bits per heavy atom. The topological polar surface area (TPSA) is 66.4 Å². The molecule has 0 aromatic carbocycles. The number of aromatic nitrogens is 3. The molecule has 0 saturated carbocycles. The van der Waals surface area contributed by atoms with Crippen LogP contribution in [0.5, 0.6) is 6.01 Å². The van der Waals surface area contributed by atoms with E-state index in [0.717, 1.165) is 39.3 Å². The van der Waals surface area contributed by atoms with Crippen LogP contribution in [0.25, 0.3) is 0 Å². The lowest BCUT2D eigenvalue weighted by Gasteiger charge is -2.43. The van der Waals surface area contributed by atoms with Crippen molar-refractivity contribution in [3.05, 3.63) is 5.28 Å². The Morgan fingerprint density at radius 1 is 1.16 bits per heavy atom. The van der Waals surface area contributed by atoms with Gasteiger partial charge in [0.1, 0.15) is 0 Å². The Balaban J connectivity index is 1.65. The summed E-state index contributed by atoms with van der Waals surface area (Å²) in [5, 5.41) is 3.48. The number of nitrogens with one attached hydrogen (secondary N) is 1. The zero-order chi connectivity index (χ0) is 13.2. The van der Waals surface area contributed by atoms with Crippen LogP contribution in [0.1, 0.15) is 0 Å². The molecular formula is C11H17ClN6O. The summed E-state index contributed by atoms with van der Waals surface area (Å²) in [4.78, 5) is 16.9. The third-order valence-corrected chi connectivity index (χ3v) is 3.80. The molecule has 2 aliphatic rings. The van der Waals surface area contributed by atoms with Crippen LogP contribution in [0.15, 0.2) is 0 Å². The van der Waals surface area contributed by atoms with Gasteiger partial charge in [-0.2, -0.15) is 15.0 Å². The number of hydrogen-bond acceptors (Lipinski definition) is 7. The lowest BCUT2D eigenvalue weighted by molar-refractivity contribution is 0.137. The predicted molar refractivity (Wildman–Crippen MR) is 71.8 cm³/mol. The summed E-state index contributed by atoms with van der Waals surface area (Å²) in [6.45, 7) is 6.06. The fraction of sp³-hybridized carbons (Fsp3) is 0.727. The van der Waals surface area contributed by atoms with Crippen LogP contribution in [0, 0.1) is 0 Å². The minimum Gasteiger partial charge on any atom is -0.467 e. The maximum absolute atomic E-state index is 5.87. The molecule has 0 bridgehead atoms. The van der Waals surface area contributed by atoms with E-state index in [1.807, 2.05) is 0 Å². The van der Waals surface area contributed by atoms with Crippen molar-refractivity contribution in [3.63, 3.8) is 0 Å². The van der Waals surface area contributed by atoms with Crippen LogP contribution < -0.4 is 15.0 Å². The maximum atomic E-state index is 5.87. The zero-order valence-corrected chi connectivity index (χ0v) is 11.6. The first-order chi connectivity index (χ1) is 9.26. The molecule has 19 heavy (non-hydrogen) atoms. The minimum absolute atomic E-state index is 0.174. The quantitative estimate of drug-likeness (QED) is 0.812. The lowest BCUT2D eigenvalue weighted by atomic mass is 10.1. The van der Waals surface area contributed by atoms with Crippen LogP contribution in [0.4, 0.5) is 5.95 Å². The van der Waals surface area contributed by atoms with E-state index in [9.17, 15) is 0 Å². The van der Waals surface area contributed by atoms with E-state index in [1.165, 1.54) is 7.11 Å². The Kier molecular flexibility index (Phi) is 3.67. The minimum atomic E-state index is 0.174. The van der Waals surface area contributed by atoms with Gasteiger partial charge in [0.25, 0.3) is 0 Å². The second-order valence-electron chi connectivity index (χ2n) is 4.73. The van der Waals surface area contributed by atoms with Gasteiger partial charge in [0.05, 0.1) is 7.11 Å². The SMILES string of the molecule is COc1nc(Cl)nc(N2CCN(C3CNC3)CC2)n1. The monoisotopic (exact) mass is 284 g/mol. The molecule has 104 valence electrons. The van der Waals surface area contributed by atoms with Gasteiger partial charge in [0.2, 0.25) is 11.2 Å². The summed E-state index contributed by atoms with van der Waals surface area (Å²) in [6.07, 6.45) is 0. The molecule has 2 fully saturated rings. The van der Waals surface area contributed by atoms with Gasteiger partial charge in [0.15, 0.2) is 0 Å². The third-order valence-electron chi connectivity index (χ3n) is 3.63. The molecule has 0 atom stereocenters. The number of nitrogens with zero attached hydrogens (tertiary/aromatic N) is 5. The first kappa shape index (κ1) is 12.8. The maximum Gasteiger partial charge on any atom is 0.322 e. The third kappa shape index (κ3) is 2.72. The van der Waals surface area contributed by atoms with Crippen molar-refractivity contribution >= 4 is 17.5 Å². The van der Waals surface area contributed by atoms with E-state index in [4.69, 9.17) is 16.3 Å². The van der Waals surface area contributed by atoms with Crippen molar-refractivity contribution in [2.45, 2.75) is 6.04 Å². The van der Waals surface area contributed by atoms with Gasteiger partial charge in [-0.15, -0.1) is 0 Å². The van der Waals surface area contributed by atoms with Gasteiger partial charge in [-0.05, 0) is 11.6 Å². The number of piperazine rings is 1. The van der Waals surface area contributed by atoms with Crippen molar-refractivity contribution in [1.29, 1.82) is 0 Å². The van der Waals surface area contributed by atoms with Crippen LogP contribution >= 0.6 is 11.6 Å². The highest BCUT2D eigenvalue weighted by atomic mass is 35.5. The van der Waals surface area contributed by atoms with E-state index in [1.54, 1.807) is 0 Å². The smallest absolute Gasteiger partial charge is 0.322 e. The summed E-state index contributed by atoms with van der Waals surface area (Å²) < 4.78 is 5.02. The average Bonchev–Trinajstić information content (AvgIpc) is 2.37. The molecule has 7 nitrogen and oxygen atoms in total. The molecule has 3 rings (SSSR count). The molecule has 0 aliphatic carbocycles. The summed E-state index contributed by atoms with van der Waals surface area (Å²) >= 11 is 5.87. The molecular weight excluding hydrogens is 268 g/mol. The normalized spacial score (nSPS) is 21.3. The van der Waals surface area contributed by atoms with Crippen molar-refractivity contribution in [1.82, 2.24) is 25.2 Å². The van der Waals surface area contributed by atoms with E-state index in [0.29, 0.717) is 12.0 Å². The predicted octanol–water partition coefficient (Wildman–Crippen LogP) is -0.373. The van der Waals surface area contributed by atoms with Crippen molar-refractivity contribution < 1.29 is 4.74 Å². The molecule has 2 saturated heterocycles. The molecule has 3 heterocycles. The highest BCUT2D eigenvalue weighted by Gasteiger charge is 2.28. The first-order valence-electron chi connectivity index (χ1n) is 6.41. The molecule has 8 heteroatoms. The Morgan fingerprint density at radius 3 is 2.47 bits per heavy atom. The summed E-state index contributed by atoms with van der Waals surface area (Å²) in [5.74, 6) is 0.600. The molecule has 1 aromatic heterocycles. The van der Waals surface area contributed by atoms with Crippen LogP contribution in [0.2, 0.25) is 5.28 Å². The first-order valence-corrected chi connectivity index (χ1v) is 6.79. The molecule has 0 amide bonds. The number of rotatable bonds is 3. The highest BCUT2D eigenvalue weighted by molar-refractivity contribution is 6.28. The van der Waals surface area contributed by atoms with E-state index >= 15 is 0 Å². The molecule has 1 aromatic rings. The molecule has 1 N–H and O–H groups in total. The highest BCUT2D eigenvalue weighted by Crippen LogP contribution is 2.17. The second-order valence-corrected chi connectivity index (χ2v) is 5.06. The van der Waals surface area contributed by atoms with Crippen LogP contribution in [-0.2, 0) is 0 Å². The largest absolute Gasteiger partial charge is 0.467 e. The van der Waals surface area contributed by atoms with Crippen molar-refractivity contribution in [2.24, 2.45) is 0 Å². The number of ether oxygens (including phenoxy) is 1. The van der Waals surface area contributed by atoms with E-state index < -0.39 is 0 Å². The fourth-order valence-corrected chi connectivity index (χ4v) is 2.52. The Bertz CT molecular complexity index is 447. The van der Waals surface area contributed by atoms with Gasteiger partial charge in [-0.3, -0.25) is 4.90 Å². The Hall–Kier alpha value is -1.18. The van der Waals surface area contributed by atoms with Crippen molar-refractivity contribution in [3.8, 4) is 6.01 Å². The van der Waals surface area contributed by atoms with Gasteiger partial charge in [-0.25, -0.2) is 0 Å². The number of halogens is 1. The number of hydrogen-bond donors (Lipinski definition) is 1. The average molecular weight is 285 g/mol. The molecule has 2 aliphatic heterocycles. The summed E-state index contributed by atoms with van der Waals surface area (Å²) in [7, 11) is 1.52. The molecule has 0 radical (unpaired) electrons. The summed E-state index contributed by atoms with van der Waals surface area (Å²) in [5.41, 5.74) is 0. The van der Waals surface area contributed by atoms with Gasteiger partial charge in [0, 0.05) is 45.3 Å². The fourth-order valence-electron chi connectivity index (χ4n) is 2.37. The summed E-state index contributed by atoms with van der Waals surface area (Å²) in [6, 6.07) is 0.958. The second kappa shape index (κ2) is 5.44. The number of anilines is 1. The van der Waals surface area contributed by atoms with Crippen LogP contribution in [-0.4, -0.2) is 72.3 Å². The van der Waals surface area contributed by atoms with E-state index in [-0.39, 0.29) is 11.3 Å². The van der Waals surface area contributed by atoms with Gasteiger partial charge < -0.3 is 15.0 Å². The Labute approximate surface area is 116 Å². The van der Waals surface area contributed by atoms with Gasteiger partial charge in [-0.1, -0.05) is 0 Å². The zero-order valence-electron chi connectivity index (χ0n) is 10.8. The van der Waals surface area contributed by atoms with Crippen molar-refractivity contribution in [2.75, 3.05) is 51.3 Å². The molecule has 0 unspecified atom stereocenters. The number of methoxy groups -OCH3 is 1.